The molecule has 0 aliphatic rings. The lowest BCUT2D eigenvalue weighted by Crippen LogP contribution is -1.95. The highest BCUT2D eigenvalue weighted by Gasteiger charge is 2.13. The molecule has 0 saturated carbocycles. The molecule has 0 aromatic carbocycles. The molecule has 5 nitrogen and oxygen atoms in total. The zero-order chi connectivity index (χ0) is 13.0. The molecule has 0 N–H and O–H groups in total. The van der Waals surface area contributed by atoms with E-state index < -0.39 is 0 Å². The molecule has 94 valence electrons. The summed E-state index contributed by atoms with van der Waals surface area (Å²) in [6, 6.07) is 3.88. The first-order chi connectivity index (χ1) is 8.70. The number of nitrogens with zero attached hydrogens (tertiary/aromatic N) is 3. The summed E-state index contributed by atoms with van der Waals surface area (Å²) in [6.45, 7) is 3.60. The summed E-state index contributed by atoms with van der Waals surface area (Å²) >= 11 is 0. The Kier molecular flexibility index (Phi) is 3.82. The van der Waals surface area contributed by atoms with E-state index in [4.69, 9.17) is 4.52 Å². The van der Waals surface area contributed by atoms with Gasteiger partial charge in [-0.15, -0.1) is 0 Å². The molecule has 0 aliphatic carbocycles. The Morgan fingerprint density at radius 1 is 1.44 bits per heavy atom. The molecule has 0 bridgehead atoms. The molecular weight excluding hydrogens is 230 g/mol. The largest absolute Gasteiger partial charge is 0.339 e. The number of rotatable bonds is 5. The van der Waals surface area contributed by atoms with E-state index in [2.05, 4.69) is 22.0 Å². The Bertz CT molecular complexity index is 549. The highest BCUT2D eigenvalue weighted by molar-refractivity contribution is 5.75. The number of Topliss-reactive ketones (excluding diaryl/α,β-unsaturated/α-hetero) is 1. The molecule has 0 amide bonds. The van der Waals surface area contributed by atoms with Crippen LogP contribution in [0.4, 0.5) is 0 Å². The summed E-state index contributed by atoms with van der Waals surface area (Å²) in [5.74, 6) is 1.08. The standard InChI is InChI=1S/C13H15N3O2/c1-3-10-5-4-8-14-12(10)13-15-11(18-16-13)7-6-9(2)17/h4-5,8H,3,6-7H2,1-2H3. The fourth-order valence-electron chi connectivity index (χ4n) is 1.66. The number of aryl methyl sites for hydroxylation is 2. The Hall–Kier alpha value is -2.04. The lowest BCUT2D eigenvalue weighted by molar-refractivity contribution is -0.117. The second kappa shape index (κ2) is 5.53. The lowest BCUT2D eigenvalue weighted by Gasteiger charge is -2.00. The van der Waals surface area contributed by atoms with Crippen LogP contribution >= 0.6 is 0 Å². The van der Waals surface area contributed by atoms with Gasteiger partial charge < -0.3 is 9.32 Å². The van der Waals surface area contributed by atoms with Gasteiger partial charge in [0.15, 0.2) is 0 Å². The number of pyridine rings is 1. The smallest absolute Gasteiger partial charge is 0.227 e. The van der Waals surface area contributed by atoms with Crippen molar-refractivity contribution < 1.29 is 9.32 Å². The summed E-state index contributed by atoms with van der Waals surface area (Å²) in [4.78, 5) is 19.4. The third kappa shape index (κ3) is 2.80. The van der Waals surface area contributed by atoms with Crippen LogP contribution in [0.1, 0.15) is 31.7 Å². The van der Waals surface area contributed by atoms with Crippen molar-refractivity contribution >= 4 is 5.78 Å². The van der Waals surface area contributed by atoms with Crippen LogP contribution in [0, 0.1) is 0 Å². The van der Waals surface area contributed by atoms with E-state index in [0.29, 0.717) is 24.6 Å². The fourth-order valence-corrected chi connectivity index (χ4v) is 1.66. The molecule has 2 aromatic rings. The predicted octanol–water partition coefficient (Wildman–Crippen LogP) is 2.22. The minimum absolute atomic E-state index is 0.113. The van der Waals surface area contributed by atoms with E-state index in [9.17, 15) is 4.79 Å². The van der Waals surface area contributed by atoms with Crippen LogP contribution < -0.4 is 0 Å². The maximum Gasteiger partial charge on any atom is 0.227 e. The molecule has 0 aliphatic heterocycles. The van der Waals surface area contributed by atoms with Gasteiger partial charge in [-0.3, -0.25) is 4.98 Å². The van der Waals surface area contributed by atoms with Gasteiger partial charge in [0.25, 0.3) is 0 Å². The van der Waals surface area contributed by atoms with Gasteiger partial charge in [0.2, 0.25) is 11.7 Å². The van der Waals surface area contributed by atoms with Crippen molar-refractivity contribution in [3.63, 3.8) is 0 Å². The van der Waals surface area contributed by atoms with Crippen molar-refractivity contribution in [3.05, 3.63) is 29.8 Å². The SMILES string of the molecule is CCc1cccnc1-c1noc(CCC(C)=O)n1. The molecule has 5 heteroatoms. The molecule has 0 spiro atoms. The first-order valence-electron chi connectivity index (χ1n) is 5.97. The van der Waals surface area contributed by atoms with Crippen LogP contribution in [0.3, 0.4) is 0 Å². The highest BCUT2D eigenvalue weighted by atomic mass is 16.5. The Labute approximate surface area is 105 Å². The third-order valence-electron chi connectivity index (χ3n) is 2.64. The lowest BCUT2D eigenvalue weighted by atomic mass is 10.1. The normalized spacial score (nSPS) is 10.6. The van der Waals surface area contributed by atoms with Crippen molar-refractivity contribution in [2.75, 3.05) is 0 Å². The van der Waals surface area contributed by atoms with Crippen molar-refractivity contribution in [2.24, 2.45) is 0 Å². The van der Waals surface area contributed by atoms with Gasteiger partial charge in [-0.25, -0.2) is 0 Å². The molecule has 0 saturated heterocycles. The number of carbonyl (C=O) groups is 1. The molecule has 2 heterocycles. The van der Waals surface area contributed by atoms with E-state index in [1.165, 1.54) is 0 Å². The van der Waals surface area contributed by atoms with E-state index in [0.717, 1.165) is 17.7 Å². The van der Waals surface area contributed by atoms with Crippen molar-refractivity contribution in [2.45, 2.75) is 33.1 Å². The number of aromatic nitrogens is 3. The maximum atomic E-state index is 10.9. The van der Waals surface area contributed by atoms with Crippen LogP contribution in [0.25, 0.3) is 11.5 Å². The quantitative estimate of drug-likeness (QED) is 0.807. The molecule has 18 heavy (non-hydrogen) atoms. The van der Waals surface area contributed by atoms with Gasteiger partial charge in [0.05, 0.1) is 0 Å². The van der Waals surface area contributed by atoms with Gasteiger partial charge >= 0.3 is 0 Å². The summed E-state index contributed by atoms with van der Waals surface area (Å²) in [5.41, 5.74) is 1.83. The zero-order valence-electron chi connectivity index (χ0n) is 10.5. The second-order valence-electron chi connectivity index (χ2n) is 4.08. The molecule has 0 radical (unpaired) electrons. The van der Waals surface area contributed by atoms with Gasteiger partial charge in [-0.2, -0.15) is 4.98 Å². The molecule has 0 fully saturated rings. The first kappa shape index (κ1) is 12.4. The van der Waals surface area contributed by atoms with Crippen molar-refractivity contribution in [1.82, 2.24) is 15.1 Å². The first-order valence-corrected chi connectivity index (χ1v) is 5.97. The number of hydrogen-bond donors (Lipinski definition) is 0. The van der Waals surface area contributed by atoms with E-state index in [1.54, 1.807) is 13.1 Å². The third-order valence-corrected chi connectivity index (χ3v) is 2.64. The molecule has 0 atom stereocenters. The van der Waals surface area contributed by atoms with Crippen LogP contribution in [-0.2, 0) is 17.6 Å². The van der Waals surface area contributed by atoms with Gasteiger partial charge in [-0.1, -0.05) is 18.1 Å². The van der Waals surface area contributed by atoms with Crippen LogP contribution in [0.2, 0.25) is 0 Å². The number of ketones is 1. The molecule has 2 aromatic heterocycles. The van der Waals surface area contributed by atoms with Gasteiger partial charge in [0.1, 0.15) is 11.5 Å². The molecular formula is C13H15N3O2. The van der Waals surface area contributed by atoms with Crippen LogP contribution in [0.15, 0.2) is 22.9 Å². The summed E-state index contributed by atoms with van der Waals surface area (Å²) in [7, 11) is 0. The van der Waals surface area contributed by atoms with Gasteiger partial charge in [-0.05, 0) is 25.0 Å². The average Bonchev–Trinajstić information content (AvgIpc) is 2.85. The summed E-state index contributed by atoms with van der Waals surface area (Å²) in [6.07, 6.45) is 3.47. The van der Waals surface area contributed by atoms with Crippen molar-refractivity contribution in [1.29, 1.82) is 0 Å². The zero-order valence-corrected chi connectivity index (χ0v) is 10.5. The Morgan fingerprint density at radius 3 is 3.00 bits per heavy atom. The second-order valence-corrected chi connectivity index (χ2v) is 4.08. The summed E-state index contributed by atoms with van der Waals surface area (Å²) in [5, 5.41) is 3.91. The van der Waals surface area contributed by atoms with E-state index in [-0.39, 0.29) is 5.78 Å². The average molecular weight is 245 g/mol. The topological polar surface area (TPSA) is 68.9 Å². The monoisotopic (exact) mass is 245 g/mol. The predicted molar refractivity (Wildman–Crippen MR) is 65.9 cm³/mol. The minimum atomic E-state index is 0.113. The van der Waals surface area contributed by atoms with E-state index >= 15 is 0 Å². The number of carbonyl (C=O) groups excluding carboxylic acids is 1. The summed E-state index contributed by atoms with van der Waals surface area (Å²) < 4.78 is 5.12. The Balaban J connectivity index is 2.21. The maximum absolute atomic E-state index is 10.9. The fraction of sp³-hybridized carbons (Fsp3) is 0.385. The highest BCUT2D eigenvalue weighted by Crippen LogP contribution is 2.18. The van der Waals surface area contributed by atoms with Crippen LogP contribution in [-0.4, -0.2) is 20.9 Å². The van der Waals surface area contributed by atoms with Crippen LogP contribution in [0.5, 0.6) is 0 Å². The van der Waals surface area contributed by atoms with Gasteiger partial charge in [0, 0.05) is 19.0 Å². The number of hydrogen-bond acceptors (Lipinski definition) is 5. The van der Waals surface area contributed by atoms with E-state index in [1.807, 2.05) is 12.1 Å². The minimum Gasteiger partial charge on any atom is -0.339 e. The molecule has 2 rings (SSSR count). The molecule has 0 unspecified atom stereocenters. The Morgan fingerprint density at radius 2 is 2.28 bits per heavy atom. The van der Waals surface area contributed by atoms with Crippen molar-refractivity contribution in [3.8, 4) is 11.5 Å².